The van der Waals surface area contributed by atoms with Crippen molar-refractivity contribution < 1.29 is 8.42 Å². The second-order valence-corrected chi connectivity index (χ2v) is 7.08. The van der Waals surface area contributed by atoms with Crippen molar-refractivity contribution in [2.45, 2.75) is 44.2 Å². The lowest BCUT2D eigenvalue weighted by Crippen LogP contribution is -2.34. The first-order chi connectivity index (χ1) is 8.94. The van der Waals surface area contributed by atoms with Gasteiger partial charge in [0.25, 0.3) is 0 Å². The Balaban J connectivity index is 2.21. The minimum Gasteiger partial charge on any atom is -0.316 e. The van der Waals surface area contributed by atoms with Crippen LogP contribution in [0.1, 0.15) is 30.9 Å². The fourth-order valence-electron chi connectivity index (χ4n) is 2.20. The van der Waals surface area contributed by atoms with E-state index in [2.05, 4.69) is 10.0 Å². The molecule has 0 spiro atoms. The van der Waals surface area contributed by atoms with Gasteiger partial charge >= 0.3 is 0 Å². The highest BCUT2D eigenvalue weighted by Gasteiger charge is 2.31. The van der Waals surface area contributed by atoms with Gasteiger partial charge in [-0.2, -0.15) is 0 Å². The van der Waals surface area contributed by atoms with Gasteiger partial charge in [0, 0.05) is 12.6 Å². The number of aryl methyl sites for hydroxylation is 1. The van der Waals surface area contributed by atoms with Crippen molar-refractivity contribution in [1.82, 2.24) is 10.0 Å². The maximum Gasteiger partial charge on any atom is 0.240 e. The summed E-state index contributed by atoms with van der Waals surface area (Å²) in [6.45, 7) is 4.61. The summed E-state index contributed by atoms with van der Waals surface area (Å²) >= 11 is 0. The molecule has 5 heteroatoms. The lowest BCUT2D eigenvalue weighted by atomic mass is 10.1. The normalized spacial score (nSPS) is 17.4. The van der Waals surface area contributed by atoms with Crippen molar-refractivity contribution in [2.75, 3.05) is 7.05 Å². The van der Waals surface area contributed by atoms with Gasteiger partial charge in [-0.25, -0.2) is 13.1 Å². The molecule has 0 saturated heterocycles. The van der Waals surface area contributed by atoms with Crippen LogP contribution in [-0.2, 0) is 16.6 Å². The van der Waals surface area contributed by atoms with E-state index >= 15 is 0 Å². The van der Waals surface area contributed by atoms with Crippen LogP contribution < -0.4 is 10.0 Å². The van der Waals surface area contributed by atoms with Gasteiger partial charge in [0.2, 0.25) is 10.0 Å². The minimum atomic E-state index is -3.40. The number of benzene rings is 1. The molecule has 2 N–H and O–H groups in total. The molecule has 106 valence electrons. The summed E-state index contributed by atoms with van der Waals surface area (Å²) in [5, 5.41) is 3.06. The fraction of sp³-hybridized carbons (Fsp3) is 0.571. The van der Waals surface area contributed by atoms with Gasteiger partial charge in [-0.3, -0.25) is 0 Å². The van der Waals surface area contributed by atoms with Crippen molar-refractivity contribution in [3.63, 3.8) is 0 Å². The Morgan fingerprint density at radius 2 is 2.05 bits per heavy atom. The molecule has 1 fully saturated rings. The van der Waals surface area contributed by atoms with E-state index in [0.29, 0.717) is 17.4 Å². The van der Waals surface area contributed by atoms with Gasteiger partial charge < -0.3 is 5.32 Å². The van der Waals surface area contributed by atoms with Crippen molar-refractivity contribution in [3.05, 3.63) is 29.3 Å². The number of rotatable bonds is 6. The molecule has 1 atom stereocenters. The first kappa shape index (κ1) is 14.5. The molecular formula is C14H22N2O2S. The standard InChI is InChI=1S/C14H22N2O2S/c1-10-4-7-14(8-13(10)9-15-3)19(17,18)16-11(2)12-5-6-12/h4,7-8,11-12,15-16H,5-6,9H2,1-3H3. The van der Waals surface area contributed by atoms with Crippen molar-refractivity contribution >= 4 is 10.0 Å². The Morgan fingerprint density at radius 3 is 2.63 bits per heavy atom. The molecule has 0 aliphatic heterocycles. The molecular weight excluding hydrogens is 260 g/mol. The van der Waals surface area contributed by atoms with Gasteiger partial charge in [-0.1, -0.05) is 6.07 Å². The zero-order valence-corrected chi connectivity index (χ0v) is 12.5. The van der Waals surface area contributed by atoms with E-state index in [1.807, 2.05) is 27.0 Å². The quantitative estimate of drug-likeness (QED) is 0.836. The fourth-order valence-corrected chi connectivity index (χ4v) is 3.56. The minimum absolute atomic E-state index is 0.0269. The Hall–Kier alpha value is -0.910. The van der Waals surface area contributed by atoms with Crippen LogP contribution in [0.2, 0.25) is 0 Å². The summed E-state index contributed by atoms with van der Waals surface area (Å²) < 4.78 is 27.4. The average Bonchev–Trinajstić information content (AvgIpc) is 3.15. The molecule has 1 unspecified atom stereocenters. The van der Waals surface area contributed by atoms with Gasteiger partial charge in [0.05, 0.1) is 4.90 Å². The summed E-state index contributed by atoms with van der Waals surface area (Å²) in [4.78, 5) is 0.357. The second-order valence-electron chi connectivity index (χ2n) is 5.37. The predicted octanol–water partition coefficient (Wildman–Crippen LogP) is 1.79. The topological polar surface area (TPSA) is 58.2 Å². The average molecular weight is 282 g/mol. The predicted molar refractivity (Wildman–Crippen MR) is 76.5 cm³/mol. The molecule has 1 aromatic rings. The van der Waals surface area contributed by atoms with Crippen molar-refractivity contribution in [1.29, 1.82) is 0 Å². The molecule has 19 heavy (non-hydrogen) atoms. The Morgan fingerprint density at radius 1 is 1.37 bits per heavy atom. The Kier molecular flexibility index (Phi) is 4.28. The molecule has 2 rings (SSSR count). The van der Waals surface area contributed by atoms with E-state index in [4.69, 9.17) is 0 Å². The molecule has 4 nitrogen and oxygen atoms in total. The van der Waals surface area contributed by atoms with Crippen LogP contribution in [0.3, 0.4) is 0 Å². The monoisotopic (exact) mass is 282 g/mol. The summed E-state index contributed by atoms with van der Waals surface area (Å²) in [6.07, 6.45) is 2.26. The molecule has 0 aromatic heterocycles. The molecule has 0 amide bonds. The first-order valence-corrected chi connectivity index (χ1v) is 8.19. The largest absolute Gasteiger partial charge is 0.316 e. The number of hydrogen-bond acceptors (Lipinski definition) is 3. The molecule has 0 bridgehead atoms. The highest BCUT2D eigenvalue weighted by Crippen LogP contribution is 2.33. The van der Waals surface area contributed by atoms with Gasteiger partial charge in [-0.05, 0) is 62.9 Å². The Bertz CT molecular complexity index is 551. The van der Waals surface area contributed by atoms with Crippen molar-refractivity contribution in [3.8, 4) is 0 Å². The zero-order valence-electron chi connectivity index (χ0n) is 11.7. The van der Waals surface area contributed by atoms with E-state index in [-0.39, 0.29) is 6.04 Å². The molecule has 0 heterocycles. The molecule has 1 aromatic carbocycles. The molecule has 1 aliphatic rings. The van der Waals surface area contributed by atoms with Gasteiger partial charge in [-0.15, -0.1) is 0 Å². The maximum absolute atomic E-state index is 12.3. The molecule has 0 radical (unpaired) electrons. The summed E-state index contributed by atoms with van der Waals surface area (Å²) in [5.41, 5.74) is 2.12. The zero-order chi connectivity index (χ0) is 14.0. The number of hydrogen-bond donors (Lipinski definition) is 2. The van der Waals surface area contributed by atoms with E-state index in [1.165, 1.54) is 0 Å². The third kappa shape index (κ3) is 3.55. The van der Waals surface area contributed by atoms with Crippen LogP contribution in [-0.4, -0.2) is 21.5 Å². The van der Waals surface area contributed by atoms with E-state index in [1.54, 1.807) is 12.1 Å². The summed E-state index contributed by atoms with van der Waals surface area (Å²) in [6, 6.07) is 5.33. The highest BCUT2D eigenvalue weighted by atomic mass is 32.2. The van der Waals surface area contributed by atoms with Gasteiger partial charge in [0.15, 0.2) is 0 Å². The highest BCUT2D eigenvalue weighted by molar-refractivity contribution is 7.89. The van der Waals surface area contributed by atoms with E-state index < -0.39 is 10.0 Å². The third-order valence-electron chi connectivity index (χ3n) is 3.67. The van der Waals surface area contributed by atoms with Crippen LogP contribution >= 0.6 is 0 Å². The van der Waals surface area contributed by atoms with E-state index in [0.717, 1.165) is 24.0 Å². The second kappa shape index (κ2) is 5.61. The smallest absolute Gasteiger partial charge is 0.240 e. The van der Waals surface area contributed by atoms with Crippen LogP contribution in [0.5, 0.6) is 0 Å². The Labute approximate surface area is 115 Å². The summed E-state index contributed by atoms with van der Waals surface area (Å²) in [5.74, 6) is 0.511. The van der Waals surface area contributed by atoms with Crippen LogP contribution in [0.25, 0.3) is 0 Å². The molecule has 1 aliphatic carbocycles. The SMILES string of the molecule is CNCc1cc(S(=O)(=O)NC(C)C2CC2)ccc1C. The first-order valence-electron chi connectivity index (χ1n) is 6.70. The lowest BCUT2D eigenvalue weighted by Gasteiger charge is -2.14. The number of sulfonamides is 1. The van der Waals surface area contributed by atoms with Crippen LogP contribution in [0.4, 0.5) is 0 Å². The van der Waals surface area contributed by atoms with E-state index in [9.17, 15) is 8.42 Å². The van der Waals surface area contributed by atoms with Gasteiger partial charge in [0.1, 0.15) is 0 Å². The van der Waals surface area contributed by atoms with Crippen LogP contribution in [0, 0.1) is 12.8 Å². The summed E-state index contributed by atoms with van der Waals surface area (Å²) in [7, 11) is -1.54. The maximum atomic E-state index is 12.3. The van der Waals surface area contributed by atoms with Crippen LogP contribution in [0.15, 0.2) is 23.1 Å². The lowest BCUT2D eigenvalue weighted by molar-refractivity contribution is 0.538. The number of nitrogens with one attached hydrogen (secondary N) is 2. The third-order valence-corrected chi connectivity index (χ3v) is 5.22. The molecule has 1 saturated carbocycles. The van der Waals surface area contributed by atoms with Crippen molar-refractivity contribution in [2.24, 2.45) is 5.92 Å².